The van der Waals surface area contributed by atoms with Gasteiger partial charge in [0, 0.05) is 34.2 Å². The molecule has 1 saturated carbocycles. The second-order valence-electron chi connectivity index (χ2n) is 5.87. The molecule has 0 radical (unpaired) electrons. The number of rotatable bonds is 2. The second-order valence-corrected chi connectivity index (χ2v) is 5.87. The summed E-state index contributed by atoms with van der Waals surface area (Å²) in [4.78, 5) is 15.6. The van der Waals surface area contributed by atoms with Crippen molar-refractivity contribution in [1.82, 2.24) is 4.98 Å². The number of anilines is 1. The van der Waals surface area contributed by atoms with Crippen molar-refractivity contribution in [2.24, 2.45) is 11.7 Å². The van der Waals surface area contributed by atoms with Gasteiger partial charge in [0.25, 0.3) is 0 Å². The molecule has 1 amide bonds. The molecule has 0 bridgehead atoms. The van der Waals surface area contributed by atoms with Crippen LogP contribution < -0.4 is 11.1 Å². The van der Waals surface area contributed by atoms with E-state index in [4.69, 9.17) is 5.73 Å². The van der Waals surface area contributed by atoms with Crippen molar-refractivity contribution >= 4 is 34.9 Å². The molecule has 2 aromatic rings. The Hall–Kier alpha value is -1.52. The van der Waals surface area contributed by atoms with Crippen LogP contribution >= 0.6 is 12.4 Å². The third kappa shape index (κ3) is 3.57. The molecule has 1 heterocycles. The number of benzene rings is 1. The quantitative estimate of drug-likeness (QED) is 0.796. The number of carbonyl (C=O) groups excluding carboxylic acids is 1. The highest BCUT2D eigenvalue weighted by molar-refractivity contribution is 5.95. The van der Waals surface area contributed by atoms with Crippen molar-refractivity contribution in [2.75, 3.05) is 5.32 Å². The van der Waals surface area contributed by atoms with Gasteiger partial charge < -0.3 is 16.0 Å². The minimum Gasteiger partial charge on any atom is -0.359 e. The standard InChI is InChI=1S/C16H21N3O.ClH/c1-10-7-12-9-14(5-6-15(12)18-10)19-16(20)11-3-2-4-13(17)8-11;/h5-7,9,11,13,18H,2-4,8,17H2,1H3,(H,19,20);1H. The number of hydrogen-bond acceptors (Lipinski definition) is 2. The normalized spacial score (nSPS) is 21.8. The van der Waals surface area contributed by atoms with Crippen LogP contribution in [0.15, 0.2) is 24.3 Å². The van der Waals surface area contributed by atoms with Crippen LogP contribution in [0.2, 0.25) is 0 Å². The summed E-state index contributed by atoms with van der Waals surface area (Å²) in [6.45, 7) is 2.03. The van der Waals surface area contributed by atoms with Crippen molar-refractivity contribution < 1.29 is 4.79 Å². The van der Waals surface area contributed by atoms with E-state index in [1.54, 1.807) is 0 Å². The fourth-order valence-electron chi connectivity index (χ4n) is 3.07. The lowest BCUT2D eigenvalue weighted by atomic mass is 9.85. The van der Waals surface area contributed by atoms with Crippen molar-refractivity contribution in [3.63, 3.8) is 0 Å². The lowest BCUT2D eigenvalue weighted by Gasteiger charge is -2.25. The molecule has 1 aliphatic rings. The first-order chi connectivity index (χ1) is 9.61. The molecule has 0 saturated heterocycles. The van der Waals surface area contributed by atoms with Crippen molar-refractivity contribution in [2.45, 2.75) is 38.6 Å². The Bertz CT molecular complexity index is 637. The molecule has 1 aliphatic carbocycles. The lowest BCUT2D eigenvalue weighted by molar-refractivity contribution is -0.120. The van der Waals surface area contributed by atoms with Crippen molar-refractivity contribution in [1.29, 1.82) is 0 Å². The Morgan fingerprint density at radius 1 is 1.33 bits per heavy atom. The van der Waals surface area contributed by atoms with Gasteiger partial charge in [0.05, 0.1) is 0 Å². The van der Waals surface area contributed by atoms with Gasteiger partial charge in [-0.2, -0.15) is 0 Å². The summed E-state index contributed by atoms with van der Waals surface area (Å²) in [5.74, 6) is 0.161. The van der Waals surface area contributed by atoms with Gasteiger partial charge in [0.15, 0.2) is 0 Å². The van der Waals surface area contributed by atoms with Gasteiger partial charge in [-0.3, -0.25) is 4.79 Å². The second kappa shape index (κ2) is 6.50. The molecule has 2 unspecified atom stereocenters. The number of nitrogens with two attached hydrogens (primary N) is 1. The topological polar surface area (TPSA) is 70.9 Å². The zero-order valence-corrected chi connectivity index (χ0v) is 13.0. The maximum Gasteiger partial charge on any atom is 0.227 e. The molecule has 5 heteroatoms. The van der Waals surface area contributed by atoms with Crippen LogP contribution in [0, 0.1) is 12.8 Å². The zero-order valence-electron chi connectivity index (χ0n) is 12.2. The highest BCUT2D eigenvalue weighted by Crippen LogP contribution is 2.25. The average molecular weight is 308 g/mol. The van der Waals surface area contributed by atoms with Gasteiger partial charge in [-0.15, -0.1) is 12.4 Å². The zero-order chi connectivity index (χ0) is 14.1. The molecule has 3 rings (SSSR count). The first-order valence-corrected chi connectivity index (χ1v) is 7.27. The first-order valence-electron chi connectivity index (χ1n) is 7.27. The van der Waals surface area contributed by atoms with E-state index in [2.05, 4.69) is 16.4 Å². The smallest absolute Gasteiger partial charge is 0.227 e. The Morgan fingerprint density at radius 3 is 2.90 bits per heavy atom. The summed E-state index contributed by atoms with van der Waals surface area (Å²) < 4.78 is 0. The van der Waals surface area contributed by atoms with Gasteiger partial charge >= 0.3 is 0 Å². The van der Waals surface area contributed by atoms with E-state index < -0.39 is 0 Å². The summed E-state index contributed by atoms with van der Waals surface area (Å²) in [6.07, 6.45) is 3.84. The summed E-state index contributed by atoms with van der Waals surface area (Å²) in [7, 11) is 0. The van der Waals surface area contributed by atoms with Gasteiger partial charge in [-0.05, 0) is 50.5 Å². The number of carbonyl (C=O) groups is 1. The maximum atomic E-state index is 12.3. The fraction of sp³-hybridized carbons (Fsp3) is 0.438. The lowest BCUT2D eigenvalue weighted by Crippen LogP contribution is -2.34. The number of aryl methyl sites for hydroxylation is 1. The minimum atomic E-state index is 0. The number of H-pyrrole nitrogens is 1. The Balaban J connectivity index is 0.00000161. The SMILES string of the molecule is Cc1cc2cc(NC(=O)C3CCCC(N)C3)ccc2[nH]1.Cl. The van der Waals surface area contributed by atoms with Gasteiger partial charge in [0.1, 0.15) is 0 Å². The third-order valence-corrected chi connectivity index (χ3v) is 4.11. The molecular weight excluding hydrogens is 286 g/mol. The number of nitrogens with one attached hydrogen (secondary N) is 2. The molecule has 4 N–H and O–H groups in total. The van der Waals surface area contributed by atoms with Gasteiger partial charge in [0.2, 0.25) is 5.91 Å². The Kier molecular flexibility index (Phi) is 4.91. The van der Waals surface area contributed by atoms with Gasteiger partial charge in [-0.25, -0.2) is 0 Å². The molecule has 2 atom stereocenters. The van der Waals surface area contributed by atoms with E-state index in [9.17, 15) is 4.79 Å². The highest BCUT2D eigenvalue weighted by atomic mass is 35.5. The number of halogens is 1. The largest absolute Gasteiger partial charge is 0.359 e. The molecule has 1 fully saturated rings. The maximum absolute atomic E-state index is 12.3. The average Bonchev–Trinajstić information content (AvgIpc) is 2.78. The molecule has 0 spiro atoms. The molecule has 4 nitrogen and oxygen atoms in total. The molecule has 0 aliphatic heterocycles. The predicted octanol–water partition coefficient (Wildman–Crippen LogP) is 3.35. The van der Waals surface area contributed by atoms with Crippen LogP contribution in [0.1, 0.15) is 31.4 Å². The van der Waals surface area contributed by atoms with E-state index in [0.717, 1.165) is 48.0 Å². The summed E-state index contributed by atoms with van der Waals surface area (Å²) in [6, 6.07) is 8.22. The number of fused-ring (bicyclic) bond motifs is 1. The van der Waals surface area contributed by atoms with E-state index in [0.29, 0.717) is 0 Å². The van der Waals surface area contributed by atoms with Crippen molar-refractivity contribution in [3.8, 4) is 0 Å². The minimum absolute atomic E-state index is 0. The number of aromatic nitrogens is 1. The molecule has 21 heavy (non-hydrogen) atoms. The third-order valence-electron chi connectivity index (χ3n) is 4.11. The summed E-state index contributed by atoms with van der Waals surface area (Å²) >= 11 is 0. The number of aromatic amines is 1. The predicted molar refractivity (Wildman–Crippen MR) is 88.8 cm³/mol. The Labute approximate surface area is 130 Å². The van der Waals surface area contributed by atoms with Crippen LogP contribution in [0.25, 0.3) is 10.9 Å². The van der Waals surface area contributed by atoms with E-state index in [-0.39, 0.29) is 30.3 Å². The first kappa shape index (κ1) is 15.9. The van der Waals surface area contributed by atoms with Crippen molar-refractivity contribution in [3.05, 3.63) is 30.0 Å². The molecule has 1 aromatic carbocycles. The van der Waals surface area contributed by atoms with Crippen LogP contribution in [-0.2, 0) is 4.79 Å². The molecule has 1 aromatic heterocycles. The monoisotopic (exact) mass is 307 g/mol. The van der Waals surface area contributed by atoms with Crippen LogP contribution in [-0.4, -0.2) is 16.9 Å². The number of hydrogen-bond donors (Lipinski definition) is 3. The summed E-state index contributed by atoms with van der Waals surface area (Å²) in [5.41, 5.74) is 9.04. The van der Waals surface area contributed by atoms with Crippen LogP contribution in [0.4, 0.5) is 5.69 Å². The number of amides is 1. The van der Waals surface area contributed by atoms with E-state index in [1.807, 2.05) is 25.1 Å². The summed E-state index contributed by atoms with van der Waals surface area (Å²) in [5, 5.41) is 4.15. The fourth-order valence-corrected chi connectivity index (χ4v) is 3.07. The van der Waals surface area contributed by atoms with Crippen LogP contribution in [0.3, 0.4) is 0 Å². The molecular formula is C16H22ClN3O. The highest BCUT2D eigenvalue weighted by Gasteiger charge is 2.25. The van der Waals surface area contributed by atoms with Crippen LogP contribution in [0.5, 0.6) is 0 Å². The van der Waals surface area contributed by atoms with E-state index in [1.165, 1.54) is 0 Å². The Morgan fingerprint density at radius 2 is 2.14 bits per heavy atom. The molecule has 114 valence electrons. The van der Waals surface area contributed by atoms with E-state index >= 15 is 0 Å². The van der Waals surface area contributed by atoms with Gasteiger partial charge in [-0.1, -0.05) is 6.42 Å².